The largest absolute Gasteiger partial charge is 0.423 e. The van der Waals surface area contributed by atoms with Gasteiger partial charge in [-0.15, -0.1) is 0 Å². The fourth-order valence-electron chi connectivity index (χ4n) is 2.53. The van der Waals surface area contributed by atoms with E-state index in [0.717, 1.165) is 10.9 Å². The van der Waals surface area contributed by atoms with Crippen LogP contribution in [0.5, 0.6) is 0 Å². The molecule has 0 aliphatic carbocycles. The van der Waals surface area contributed by atoms with Crippen molar-refractivity contribution < 1.29 is 12.8 Å². The number of fused-ring (bicyclic) bond motifs is 1. The van der Waals surface area contributed by atoms with Gasteiger partial charge in [0.2, 0.25) is 10.0 Å². The third-order valence-corrected chi connectivity index (χ3v) is 5.53. The zero-order valence-corrected chi connectivity index (χ0v) is 16.2. The average Bonchev–Trinajstić information content (AvgIpc) is 2.61. The monoisotopic (exact) mass is 403 g/mol. The molecule has 1 aromatic heterocycles. The number of aryl methyl sites for hydroxylation is 1. The summed E-state index contributed by atoms with van der Waals surface area (Å²) in [6, 6.07) is 13.0. The first kappa shape index (κ1) is 19.0. The molecule has 27 heavy (non-hydrogen) atoms. The summed E-state index contributed by atoms with van der Waals surface area (Å²) >= 11 is 5.28. The molecule has 0 fully saturated rings. The Morgan fingerprint density at radius 1 is 1.00 bits per heavy atom. The number of rotatable bonds is 4. The van der Waals surface area contributed by atoms with Crippen molar-refractivity contribution in [3.05, 3.63) is 64.5 Å². The summed E-state index contributed by atoms with van der Waals surface area (Å²) < 4.78 is 30.9. The molecule has 0 radical (unpaired) electrons. The third kappa shape index (κ3) is 4.33. The van der Waals surface area contributed by atoms with Gasteiger partial charge in [-0.3, -0.25) is 0 Å². The molecule has 0 unspecified atom stereocenters. The molecule has 0 aliphatic heterocycles. The van der Waals surface area contributed by atoms with Gasteiger partial charge in [0, 0.05) is 28.9 Å². The van der Waals surface area contributed by atoms with E-state index < -0.39 is 15.6 Å². The molecule has 0 bridgehead atoms. The number of sulfonamides is 1. The van der Waals surface area contributed by atoms with Gasteiger partial charge in [0.25, 0.3) is 0 Å². The molecule has 7 nitrogen and oxygen atoms in total. The first-order valence-corrected chi connectivity index (χ1v) is 9.84. The van der Waals surface area contributed by atoms with Gasteiger partial charge < -0.3 is 15.1 Å². The molecule has 9 heteroatoms. The van der Waals surface area contributed by atoms with Gasteiger partial charge in [-0.2, -0.15) is 0 Å². The van der Waals surface area contributed by atoms with Crippen molar-refractivity contribution in [2.24, 2.45) is 0 Å². The molecule has 0 amide bonds. The van der Waals surface area contributed by atoms with Crippen LogP contribution in [0.25, 0.3) is 11.0 Å². The fourth-order valence-corrected chi connectivity index (χ4v) is 3.50. The van der Waals surface area contributed by atoms with E-state index in [1.165, 1.54) is 25.2 Å². The van der Waals surface area contributed by atoms with Crippen LogP contribution in [-0.4, -0.2) is 20.6 Å². The van der Waals surface area contributed by atoms with Crippen molar-refractivity contribution in [3.8, 4) is 0 Å². The summed E-state index contributed by atoms with van der Waals surface area (Å²) in [5.74, 6) is 0. The molecule has 0 saturated carbocycles. The summed E-state index contributed by atoms with van der Waals surface area (Å²) in [7, 11) is -2.13. The fraction of sp³-hybridized carbons (Fsp3) is 0.111. The molecular weight excluding hydrogens is 386 g/mol. The molecule has 140 valence electrons. The number of thiocarbonyl (C=S) groups is 1. The summed E-state index contributed by atoms with van der Waals surface area (Å²) in [6.45, 7) is 1.84. The number of nitrogens with one attached hydrogen (secondary N) is 3. The van der Waals surface area contributed by atoms with Crippen LogP contribution in [0.1, 0.15) is 5.56 Å². The van der Waals surface area contributed by atoms with Crippen molar-refractivity contribution in [1.29, 1.82) is 0 Å². The highest BCUT2D eigenvalue weighted by Gasteiger charge is 2.11. The van der Waals surface area contributed by atoms with Crippen molar-refractivity contribution in [2.75, 3.05) is 17.7 Å². The molecule has 1 heterocycles. The van der Waals surface area contributed by atoms with E-state index in [-0.39, 0.29) is 4.90 Å². The maximum atomic E-state index is 11.7. The Morgan fingerprint density at radius 2 is 1.63 bits per heavy atom. The van der Waals surface area contributed by atoms with E-state index in [2.05, 4.69) is 15.4 Å². The number of hydrogen-bond acceptors (Lipinski definition) is 5. The SMILES string of the molecule is CNS(=O)(=O)c1ccc(NC(=S)Nc2ccc3c(C)cc(=O)oc3c2)cc1. The molecule has 0 aliphatic rings. The van der Waals surface area contributed by atoms with Gasteiger partial charge in [0.1, 0.15) is 5.58 Å². The predicted octanol–water partition coefficient (Wildman–Crippen LogP) is 2.82. The minimum atomic E-state index is -3.48. The van der Waals surface area contributed by atoms with Crippen molar-refractivity contribution in [2.45, 2.75) is 11.8 Å². The lowest BCUT2D eigenvalue weighted by Gasteiger charge is -2.12. The molecule has 3 N–H and O–H groups in total. The minimum absolute atomic E-state index is 0.161. The van der Waals surface area contributed by atoms with Crippen LogP contribution in [-0.2, 0) is 10.0 Å². The van der Waals surface area contributed by atoms with Gasteiger partial charge in [-0.25, -0.2) is 17.9 Å². The van der Waals surface area contributed by atoms with Crippen LogP contribution in [0.4, 0.5) is 11.4 Å². The standard InChI is InChI=1S/C18H17N3O4S2/c1-11-9-17(22)25-16-10-13(5-8-15(11)16)21-18(26)20-12-3-6-14(7-4-12)27(23,24)19-2/h3-10,19H,1-2H3,(H2,20,21,26). The maximum absolute atomic E-state index is 11.7. The molecule has 2 aromatic carbocycles. The first-order chi connectivity index (χ1) is 12.8. The quantitative estimate of drug-likeness (QED) is 0.455. The van der Waals surface area contributed by atoms with Crippen LogP contribution in [0.2, 0.25) is 0 Å². The Bertz CT molecular complexity index is 1170. The summed E-state index contributed by atoms with van der Waals surface area (Å²) in [4.78, 5) is 11.7. The highest BCUT2D eigenvalue weighted by molar-refractivity contribution is 7.89. The zero-order chi connectivity index (χ0) is 19.6. The van der Waals surface area contributed by atoms with Crippen LogP contribution < -0.4 is 21.0 Å². The van der Waals surface area contributed by atoms with Gasteiger partial charge >= 0.3 is 5.63 Å². The predicted molar refractivity (Wildman–Crippen MR) is 110 cm³/mol. The Morgan fingerprint density at radius 3 is 2.30 bits per heavy atom. The molecule has 0 atom stereocenters. The van der Waals surface area contributed by atoms with Gasteiger partial charge in [-0.1, -0.05) is 0 Å². The first-order valence-electron chi connectivity index (χ1n) is 7.94. The van der Waals surface area contributed by atoms with E-state index in [4.69, 9.17) is 16.6 Å². The van der Waals surface area contributed by atoms with Gasteiger partial charge in [-0.05, 0) is 68.2 Å². The molecule has 0 saturated heterocycles. The average molecular weight is 403 g/mol. The van der Waals surface area contributed by atoms with Crippen LogP contribution >= 0.6 is 12.2 Å². The van der Waals surface area contributed by atoms with Crippen molar-refractivity contribution >= 4 is 49.7 Å². The zero-order valence-electron chi connectivity index (χ0n) is 14.6. The smallest absolute Gasteiger partial charge is 0.336 e. The number of hydrogen-bond donors (Lipinski definition) is 3. The minimum Gasteiger partial charge on any atom is -0.423 e. The second kappa shape index (κ2) is 7.47. The van der Waals surface area contributed by atoms with Crippen LogP contribution in [0, 0.1) is 6.92 Å². The third-order valence-electron chi connectivity index (χ3n) is 3.90. The number of anilines is 2. The maximum Gasteiger partial charge on any atom is 0.336 e. The summed E-state index contributed by atoms with van der Waals surface area (Å²) in [5.41, 5.74) is 2.18. The van der Waals surface area contributed by atoms with E-state index in [1.807, 2.05) is 19.1 Å². The molecule has 3 aromatic rings. The highest BCUT2D eigenvalue weighted by Crippen LogP contribution is 2.21. The van der Waals surface area contributed by atoms with Crippen molar-refractivity contribution in [1.82, 2.24) is 4.72 Å². The number of benzene rings is 2. The van der Waals surface area contributed by atoms with E-state index >= 15 is 0 Å². The second-order valence-electron chi connectivity index (χ2n) is 5.77. The lowest BCUT2D eigenvalue weighted by molar-refractivity contribution is 0.560. The van der Waals surface area contributed by atoms with Crippen LogP contribution in [0.15, 0.2) is 62.6 Å². The molecule has 3 rings (SSSR count). The Hall–Kier alpha value is -2.75. The Kier molecular flexibility index (Phi) is 5.26. The highest BCUT2D eigenvalue weighted by atomic mass is 32.2. The van der Waals surface area contributed by atoms with E-state index in [1.54, 1.807) is 18.2 Å². The van der Waals surface area contributed by atoms with E-state index in [0.29, 0.717) is 22.1 Å². The summed E-state index contributed by atoms with van der Waals surface area (Å²) in [6.07, 6.45) is 0. The summed E-state index contributed by atoms with van der Waals surface area (Å²) in [5, 5.41) is 7.14. The Labute approximate surface area is 161 Å². The lowest BCUT2D eigenvalue weighted by Crippen LogP contribution is -2.20. The van der Waals surface area contributed by atoms with E-state index in [9.17, 15) is 13.2 Å². The van der Waals surface area contributed by atoms with Crippen molar-refractivity contribution in [3.63, 3.8) is 0 Å². The lowest BCUT2D eigenvalue weighted by atomic mass is 10.1. The topological polar surface area (TPSA) is 100 Å². The van der Waals surface area contributed by atoms with Gasteiger partial charge in [0.15, 0.2) is 5.11 Å². The normalized spacial score (nSPS) is 11.3. The Balaban J connectivity index is 1.74. The molecule has 0 spiro atoms. The van der Waals surface area contributed by atoms with Crippen LogP contribution in [0.3, 0.4) is 0 Å². The second-order valence-corrected chi connectivity index (χ2v) is 8.07. The molecular formula is C18H17N3O4S2. The van der Waals surface area contributed by atoms with Gasteiger partial charge in [0.05, 0.1) is 4.90 Å².